The molecule has 39 heavy (non-hydrogen) atoms. The number of anilines is 1. The molecule has 3 heterocycles. The molecule has 6 rings (SSSR count). The summed E-state index contributed by atoms with van der Waals surface area (Å²) in [6, 6.07) is 17.0. The van der Waals surface area contributed by atoms with Crippen molar-refractivity contribution in [3.05, 3.63) is 64.7 Å². The second-order valence-electron chi connectivity index (χ2n) is 12.0. The largest absolute Gasteiger partial charge is 0.369 e. The molecule has 1 aliphatic carbocycles. The van der Waals surface area contributed by atoms with Gasteiger partial charge in [-0.2, -0.15) is 5.26 Å². The van der Waals surface area contributed by atoms with Crippen molar-refractivity contribution in [3.63, 3.8) is 0 Å². The summed E-state index contributed by atoms with van der Waals surface area (Å²) in [6.45, 7) is 7.45. The van der Waals surface area contributed by atoms with Crippen molar-refractivity contribution in [2.24, 2.45) is 11.3 Å². The van der Waals surface area contributed by atoms with E-state index in [0.29, 0.717) is 23.7 Å². The van der Waals surface area contributed by atoms with Crippen LogP contribution in [0.3, 0.4) is 0 Å². The Morgan fingerprint density at radius 1 is 1.05 bits per heavy atom. The Kier molecular flexibility index (Phi) is 7.07. The van der Waals surface area contributed by atoms with Crippen LogP contribution in [0.5, 0.6) is 0 Å². The quantitative estimate of drug-likeness (QED) is 0.632. The molecule has 7 nitrogen and oxygen atoms in total. The van der Waals surface area contributed by atoms with Crippen LogP contribution in [-0.2, 0) is 13.0 Å². The first-order chi connectivity index (χ1) is 19.0. The lowest BCUT2D eigenvalue weighted by Crippen LogP contribution is -2.48. The van der Waals surface area contributed by atoms with Gasteiger partial charge in [-0.1, -0.05) is 24.3 Å². The summed E-state index contributed by atoms with van der Waals surface area (Å²) in [7, 11) is 0. The van der Waals surface area contributed by atoms with Gasteiger partial charge in [-0.25, -0.2) is 0 Å². The highest BCUT2D eigenvalue weighted by atomic mass is 16.2. The maximum Gasteiger partial charge on any atom is 0.256 e. The first-order valence-corrected chi connectivity index (χ1v) is 14.7. The van der Waals surface area contributed by atoms with Gasteiger partial charge in [0, 0.05) is 63.3 Å². The van der Waals surface area contributed by atoms with Gasteiger partial charge >= 0.3 is 0 Å². The van der Waals surface area contributed by atoms with E-state index in [0.717, 1.165) is 83.5 Å². The Labute approximate surface area is 231 Å². The van der Waals surface area contributed by atoms with Gasteiger partial charge in [0.15, 0.2) is 0 Å². The normalized spacial score (nSPS) is 22.5. The highest BCUT2D eigenvalue weighted by Crippen LogP contribution is 2.52. The Bertz CT molecular complexity index is 1280. The Balaban J connectivity index is 1.12. The van der Waals surface area contributed by atoms with Gasteiger partial charge in [0.25, 0.3) is 11.8 Å². The van der Waals surface area contributed by atoms with Crippen LogP contribution >= 0.6 is 0 Å². The monoisotopic (exact) mass is 525 g/mol. The number of nitriles is 1. The van der Waals surface area contributed by atoms with Crippen LogP contribution in [0.25, 0.3) is 0 Å². The molecule has 204 valence electrons. The summed E-state index contributed by atoms with van der Waals surface area (Å²) in [5.41, 5.74) is 5.30. The zero-order valence-electron chi connectivity index (χ0n) is 23.0. The van der Waals surface area contributed by atoms with Crippen LogP contribution in [0.15, 0.2) is 42.5 Å². The minimum absolute atomic E-state index is 0.0528. The number of rotatable bonds is 5. The molecule has 7 heteroatoms. The highest BCUT2D eigenvalue weighted by molar-refractivity contribution is 6.03. The Morgan fingerprint density at radius 2 is 1.79 bits per heavy atom. The Morgan fingerprint density at radius 3 is 2.54 bits per heavy atom. The average Bonchev–Trinajstić information content (AvgIpc) is 3.09. The molecule has 1 spiro atoms. The fourth-order valence-corrected chi connectivity index (χ4v) is 7.17. The number of nitrogens with zero attached hydrogens (tertiary/aromatic N) is 4. The van der Waals surface area contributed by atoms with E-state index in [1.165, 1.54) is 11.1 Å². The molecule has 2 fully saturated rings. The summed E-state index contributed by atoms with van der Waals surface area (Å²) in [5.74, 6) is 0.315. The summed E-state index contributed by atoms with van der Waals surface area (Å²) < 4.78 is 0. The number of carbonyl (C=O) groups is 2. The van der Waals surface area contributed by atoms with Gasteiger partial charge in [-0.3, -0.25) is 9.59 Å². The summed E-state index contributed by atoms with van der Waals surface area (Å²) in [5, 5.41) is 12.8. The molecule has 2 amide bonds. The summed E-state index contributed by atoms with van der Waals surface area (Å²) >= 11 is 0. The maximum absolute atomic E-state index is 13.7. The van der Waals surface area contributed by atoms with Gasteiger partial charge in [-0.15, -0.1) is 0 Å². The number of benzene rings is 2. The molecule has 1 atom stereocenters. The number of hydrogen-bond donors (Lipinski definition) is 1. The molecule has 0 radical (unpaired) electrons. The van der Waals surface area contributed by atoms with E-state index in [1.807, 2.05) is 28.0 Å². The van der Waals surface area contributed by atoms with Crippen molar-refractivity contribution in [2.45, 2.75) is 58.0 Å². The number of piperidine rings is 1. The third-order valence-electron chi connectivity index (χ3n) is 9.69. The van der Waals surface area contributed by atoms with E-state index in [4.69, 9.17) is 5.26 Å². The number of likely N-dealkylation sites (tertiary alicyclic amines) is 1. The lowest BCUT2D eigenvalue weighted by Gasteiger charge is -2.50. The maximum atomic E-state index is 13.7. The van der Waals surface area contributed by atoms with E-state index in [9.17, 15) is 9.59 Å². The van der Waals surface area contributed by atoms with Crippen molar-refractivity contribution in [1.29, 1.82) is 5.26 Å². The molecule has 1 saturated carbocycles. The van der Waals surface area contributed by atoms with Crippen LogP contribution < -0.4 is 10.2 Å². The molecular formula is C32H39N5O2. The van der Waals surface area contributed by atoms with E-state index in [1.54, 1.807) is 0 Å². The third-order valence-corrected chi connectivity index (χ3v) is 9.69. The number of likely N-dealkylation sites (N-methyl/N-ethyl adjacent to an activating group) is 1. The molecule has 2 aromatic rings. The predicted octanol–water partition coefficient (Wildman–Crippen LogP) is 4.23. The van der Waals surface area contributed by atoms with Gasteiger partial charge in [0.2, 0.25) is 0 Å². The first kappa shape index (κ1) is 25.9. The highest BCUT2D eigenvalue weighted by Gasteiger charge is 2.46. The minimum atomic E-state index is 0.0528. The molecule has 1 saturated heterocycles. The van der Waals surface area contributed by atoms with Crippen LogP contribution in [-0.4, -0.2) is 66.9 Å². The molecular weight excluding hydrogens is 486 g/mol. The number of amides is 2. The smallest absolute Gasteiger partial charge is 0.256 e. The van der Waals surface area contributed by atoms with Gasteiger partial charge in [0.1, 0.15) is 0 Å². The molecule has 3 aliphatic heterocycles. The van der Waals surface area contributed by atoms with E-state index >= 15 is 0 Å². The second-order valence-corrected chi connectivity index (χ2v) is 12.0. The number of nitrogens with one attached hydrogen (secondary N) is 1. The molecule has 2 aromatic carbocycles. The van der Waals surface area contributed by atoms with Crippen LogP contribution in [0.1, 0.15) is 70.9 Å². The molecule has 1 unspecified atom stereocenters. The standard InChI is InChI=1S/C32H39N5O2/c1-2-35-15-16-36(12-9-27-17-24-5-3-4-6-26(24)22-34-27)31(39)28-8-7-25(18-29(28)35)30(38)37-13-10-32(11-14-37)19-23(20-32)21-33/h3-8,18,23,27,34H,2,9-17,19-20,22H2,1H3. The lowest BCUT2D eigenvalue weighted by molar-refractivity contribution is 0.00874. The molecule has 4 aliphatic rings. The number of hydrogen-bond acceptors (Lipinski definition) is 5. The zero-order valence-corrected chi connectivity index (χ0v) is 23.0. The number of fused-ring (bicyclic) bond motifs is 2. The zero-order chi connectivity index (χ0) is 27.0. The van der Waals surface area contributed by atoms with Crippen molar-refractivity contribution < 1.29 is 9.59 Å². The summed E-state index contributed by atoms with van der Waals surface area (Å²) in [6.07, 6.45) is 5.86. The van der Waals surface area contributed by atoms with Gasteiger partial charge < -0.3 is 20.0 Å². The van der Waals surface area contributed by atoms with Gasteiger partial charge in [0.05, 0.1) is 17.3 Å². The fourth-order valence-electron chi connectivity index (χ4n) is 7.17. The third kappa shape index (κ3) is 5.03. The van der Waals surface area contributed by atoms with E-state index < -0.39 is 0 Å². The minimum Gasteiger partial charge on any atom is -0.369 e. The SMILES string of the molecule is CCN1CCN(CCC2Cc3ccccc3CN2)C(=O)c2ccc(C(=O)N3CCC4(CC3)CC(C#N)C4)cc21. The molecule has 0 aromatic heterocycles. The lowest BCUT2D eigenvalue weighted by atomic mass is 9.58. The first-order valence-electron chi connectivity index (χ1n) is 14.7. The van der Waals surface area contributed by atoms with Crippen LogP contribution in [0, 0.1) is 22.7 Å². The van der Waals surface area contributed by atoms with Crippen molar-refractivity contribution in [1.82, 2.24) is 15.1 Å². The van der Waals surface area contributed by atoms with Crippen molar-refractivity contribution >= 4 is 17.5 Å². The van der Waals surface area contributed by atoms with E-state index in [-0.39, 0.29) is 23.1 Å². The second kappa shape index (κ2) is 10.7. The van der Waals surface area contributed by atoms with Crippen LogP contribution in [0.2, 0.25) is 0 Å². The van der Waals surface area contributed by atoms with E-state index in [2.05, 4.69) is 47.5 Å². The fraction of sp³-hybridized carbons (Fsp3) is 0.531. The van der Waals surface area contributed by atoms with Crippen LogP contribution in [0.4, 0.5) is 5.69 Å². The number of carbonyl (C=O) groups excluding carboxylic acids is 2. The van der Waals surface area contributed by atoms with Crippen molar-refractivity contribution in [3.8, 4) is 6.07 Å². The van der Waals surface area contributed by atoms with Gasteiger partial charge in [-0.05, 0) is 80.2 Å². The predicted molar refractivity (Wildman–Crippen MR) is 152 cm³/mol. The Hall–Kier alpha value is -3.37. The topological polar surface area (TPSA) is 79.7 Å². The summed E-state index contributed by atoms with van der Waals surface area (Å²) in [4.78, 5) is 33.3. The average molecular weight is 526 g/mol. The molecule has 0 bridgehead atoms. The van der Waals surface area contributed by atoms with Crippen molar-refractivity contribution in [2.75, 3.05) is 44.2 Å². The molecule has 1 N–H and O–H groups in total.